The third kappa shape index (κ3) is 4.99. The zero-order valence-corrected chi connectivity index (χ0v) is 12.1. The van der Waals surface area contributed by atoms with Gasteiger partial charge in [0.1, 0.15) is 5.82 Å². The molecule has 0 saturated carbocycles. The van der Waals surface area contributed by atoms with Gasteiger partial charge in [-0.1, -0.05) is 13.8 Å². The van der Waals surface area contributed by atoms with Crippen LogP contribution in [0.3, 0.4) is 0 Å². The van der Waals surface area contributed by atoms with Crippen LogP contribution in [-0.4, -0.2) is 37.0 Å². The van der Waals surface area contributed by atoms with Crippen LogP contribution in [0.2, 0.25) is 0 Å². The molecule has 0 aliphatic carbocycles. The number of rotatable bonds is 6. The highest BCUT2D eigenvalue weighted by molar-refractivity contribution is 5.94. The zero-order chi connectivity index (χ0) is 15.1. The fourth-order valence-corrected chi connectivity index (χ4v) is 1.82. The minimum absolute atomic E-state index is 0.149. The molecule has 0 spiro atoms. The van der Waals surface area contributed by atoms with Crippen LogP contribution in [0, 0.1) is 11.7 Å². The third-order valence-corrected chi connectivity index (χ3v) is 2.78. The van der Waals surface area contributed by atoms with Crippen molar-refractivity contribution in [1.82, 2.24) is 4.90 Å². The van der Waals surface area contributed by atoms with Gasteiger partial charge in [0.2, 0.25) is 0 Å². The van der Waals surface area contributed by atoms with E-state index < -0.39 is 0 Å². The lowest BCUT2D eigenvalue weighted by Crippen LogP contribution is -2.36. The summed E-state index contributed by atoms with van der Waals surface area (Å²) in [7, 11) is 1.32. The Morgan fingerprint density at radius 3 is 2.35 bits per heavy atom. The first kappa shape index (κ1) is 16.1. The van der Waals surface area contributed by atoms with Crippen LogP contribution < -0.4 is 0 Å². The van der Waals surface area contributed by atoms with Gasteiger partial charge in [0.15, 0.2) is 0 Å². The lowest BCUT2D eigenvalue weighted by Gasteiger charge is -2.24. The van der Waals surface area contributed by atoms with E-state index in [4.69, 9.17) is 0 Å². The van der Waals surface area contributed by atoms with Gasteiger partial charge in [0, 0.05) is 18.7 Å². The van der Waals surface area contributed by atoms with Gasteiger partial charge in [0.05, 0.1) is 13.5 Å². The molecule has 0 radical (unpaired) electrons. The van der Waals surface area contributed by atoms with E-state index in [2.05, 4.69) is 4.74 Å². The monoisotopic (exact) mass is 281 g/mol. The number of carbonyl (C=O) groups is 2. The van der Waals surface area contributed by atoms with Crippen LogP contribution in [0.1, 0.15) is 30.6 Å². The summed E-state index contributed by atoms with van der Waals surface area (Å²) in [5, 5.41) is 0. The Morgan fingerprint density at radius 1 is 1.25 bits per heavy atom. The molecule has 5 heteroatoms. The van der Waals surface area contributed by atoms with Gasteiger partial charge in [-0.05, 0) is 30.2 Å². The molecule has 0 heterocycles. The summed E-state index contributed by atoms with van der Waals surface area (Å²) in [5.74, 6) is -0.670. The Bertz CT molecular complexity index is 457. The van der Waals surface area contributed by atoms with Crippen molar-refractivity contribution in [3.63, 3.8) is 0 Å². The van der Waals surface area contributed by atoms with Gasteiger partial charge in [-0.2, -0.15) is 0 Å². The molecule has 0 saturated heterocycles. The highest BCUT2D eigenvalue weighted by Gasteiger charge is 2.18. The van der Waals surface area contributed by atoms with Crippen LogP contribution in [0.5, 0.6) is 0 Å². The number of ether oxygens (including phenoxy) is 1. The molecule has 1 aromatic carbocycles. The van der Waals surface area contributed by atoms with E-state index in [0.717, 1.165) is 0 Å². The molecule has 0 unspecified atom stereocenters. The van der Waals surface area contributed by atoms with E-state index >= 15 is 0 Å². The summed E-state index contributed by atoms with van der Waals surface area (Å²) in [6.45, 7) is 4.81. The van der Waals surface area contributed by atoms with Gasteiger partial charge in [0.25, 0.3) is 5.91 Å². The standard InChI is InChI=1S/C15H20FNO3/c1-11(2)10-17(9-8-14(18)20-3)15(19)12-4-6-13(16)7-5-12/h4-7,11H,8-10H2,1-3H3. The van der Waals surface area contributed by atoms with E-state index in [1.165, 1.54) is 31.4 Å². The largest absolute Gasteiger partial charge is 0.469 e. The Hall–Kier alpha value is -1.91. The predicted molar refractivity (Wildman–Crippen MR) is 73.8 cm³/mol. The molecule has 0 fully saturated rings. The minimum Gasteiger partial charge on any atom is -0.469 e. The Balaban J connectivity index is 2.78. The highest BCUT2D eigenvalue weighted by Crippen LogP contribution is 2.10. The van der Waals surface area contributed by atoms with E-state index in [1.54, 1.807) is 4.90 Å². The molecule has 4 nitrogen and oxygen atoms in total. The summed E-state index contributed by atoms with van der Waals surface area (Å²) in [5.41, 5.74) is 0.414. The van der Waals surface area contributed by atoms with Crippen molar-refractivity contribution >= 4 is 11.9 Å². The average molecular weight is 281 g/mol. The Kier molecular flexibility index (Phi) is 6.15. The number of carbonyl (C=O) groups excluding carboxylic acids is 2. The lowest BCUT2D eigenvalue weighted by atomic mass is 10.1. The lowest BCUT2D eigenvalue weighted by molar-refractivity contribution is -0.140. The zero-order valence-electron chi connectivity index (χ0n) is 12.1. The Morgan fingerprint density at radius 2 is 1.85 bits per heavy atom. The van der Waals surface area contributed by atoms with E-state index in [9.17, 15) is 14.0 Å². The van der Waals surface area contributed by atoms with Crippen LogP contribution in [-0.2, 0) is 9.53 Å². The maximum Gasteiger partial charge on any atom is 0.307 e. The number of benzene rings is 1. The molecule has 0 aromatic heterocycles. The van der Waals surface area contributed by atoms with E-state index in [0.29, 0.717) is 18.7 Å². The number of hydrogen-bond donors (Lipinski definition) is 0. The highest BCUT2D eigenvalue weighted by atomic mass is 19.1. The molecular weight excluding hydrogens is 261 g/mol. The smallest absolute Gasteiger partial charge is 0.307 e. The molecule has 0 aliphatic heterocycles. The molecule has 1 rings (SSSR count). The molecule has 1 aromatic rings. The number of halogens is 1. The van der Waals surface area contributed by atoms with Crippen LogP contribution in [0.25, 0.3) is 0 Å². The SMILES string of the molecule is COC(=O)CCN(CC(C)C)C(=O)c1ccc(F)cc1. The summed E-state index contributed by atoms with van der Waals surface area (Å²) in [4.78, 5) is 25.1. The number of amides is 1. The minimum atomic E-state index is -0.383. The summed E-state index contributed by atoms with van der Waals surface area (Å²) in [6, 6.07) is 5.40. The first-order chi connectivity index (χ1) is 9.43. The Labute approximate surface area is 118 Å². The quantitative estimate of drug-likeness (QED) is 0.753. The maximum absolute atomic E-state index is 12.9. The van der Waals surface area contributed by atoms with Crippen molar-refractivity contribution in [2.75, 3.05) is 20.2 Å². The second-order valence-electron chi connectivity index (χ2n) is 4.98. The van der Waals surface area contributed by atoms with Gasteiger partial charge in [-0.15, -0.1) is 0 Å². The van der Waals surface area contributed by atoms with E-state index in [1.807, 2.05) is 13.8 Å². The summed E-state index contributed by atoms with van der Waals surface area (Å²) >= 11 is 0. The second-order valence-corrected chi connectivity index (χ2v) is 4.98. The molecular formula is C15H20FNO3. The van der Waals surface area contributed by atoms with Crippen molar-refractivity contribution < 1.29 is 18.7 Å². The number of nitrogens with zero attached hydrogens (tertiary/aromatic N) is 1. The number of esters is 1. The summed E-state index contributed by atoms with van der Waals surface area (Å²) < 4.78 is 17.5. The number of methoxy groups -OCH3 is 1. The molecule has 0 bridgehead atoms. The normalized spacial score (nSPS) is 10.4. The molecule has 110 valence electrons. The maximum atomic E-state index is 12.9. The fraction of sp³-hybridized carbons (Fsp3) is 0.467. The van der Waals surface area contributed by atoms with Crippen molar-refractivity contribution in [2.24, 2.45) is 5.92 Å². The summed E-state index contributed by atoms with van der Waals surface area (Å²) in [6.07, 6.45) is 0.149. The van der Waals surface area contributed by atoms with Crippen LogP contribution in [0.4, 0.5) is 4.39 Å². The van der Waals surface area contributed by atoms with Crippen molar-refractivity contribution in [1.29, 1.82) is 0 Å². The van der Waals surface area contributed by atoms with Gasteiger partial charge >= 0.3 is 5.97 Å². The molecule has 0 aliphatic rings. The topological polar surface area (TPSA) is 46.6 Å². The molecule has 0 atom stereocenters. The number of hydrogen-bond acceptors (Lipinski definition) is 3. The fourth-order valence-electron chi connectivity index (χ4n) is 1.82. The van der Waals surface area contributed by atoms with Crippen LogP contribution in [0.15, 0.2) is 24.3 Å². The van der Waals surface area contributed by atoms with Crippen molar-refractivity contribution in [3.8, 4) is 0 Å². The first-order valence-electron chi connectivity index (χ1n) is 6.55. The van der Waals surface area contributed by atoms with Crippen molar-refractivity contribution in [2.45, 2.75) is 20.3 Å². The average Bonchev–Trinajstić information content (AvgIpc) is 2.42. The van der Waals surface area contributed by atoms with Gasteiger partial charge in [-0.3, -0.25) is 9.59 Å². The van der Waals surface area contributed by atoms with Crippen molar-refractivity contribution in [3.05, 3.63) is 35.6 Å². The van der Waals surface area contributed by atoms with Gasteiger partial charge in [-0.25, -0.2) is 4.39 Å². The van der Waals surface area contributed by atoms with E-state index in [-0.39, 0.29) is 30.0 Å². The van der Waals surface area contributed by atoms with Crippen LogP contribution >= 0.6 is 0 Å². The molecule has 1 amide bonds. The second kappa shape index (κ2) is 7.62. The predicted octanol–water partition coefficient (Wildman–Crippen LogP) is 2.49. The van der Waals surface area contributed by atoms with Gasteiger partial charge < -0.3 is 9.64 Å². The molecule has 0 N–H and O–H groups in total. The first-order valence-corrected chi connectivity index (χ1v) is 6.55. The molecule has 20 heavy (non-hydrogen) atoms. The third-order valence-electron chi connectivity index (χ3n) is 2.78.